The number of hydrogen-bond acceptors (Lipinski definition) is 8. The number of fused-ring (bicyclic) bond motifs is 1. The maximum atomic E-state index is 12.1. The van der Waals surface area contributed by atoms with E-state index in [0.717, 1.165) is 7.11 Å². The van der Waals surface area contributed by atoms with Crippen LogP contribution in [0, 0.1) is 0 Å². The Labute approximate surface area is 107 Å². The molecule has 2 heterocycles. The lowest BCUT2D eigenvalue weighted by Gasteiger charge is -2.37. The molecule has 1 N–H and O–H groups in total. The first-order valence-electron chi connectivity index (χ1n) is 4.98. The second-order valence-corrected chi connectivity index (χ2v) is 4.58. The molecule has 0 aromatic heterocycles. The van der Waals surface area contributed by atoms with Gasteiger partial charge in [0.1, 0.15) is 0 Å². The van der Waals surface area contributed by atoms with Crippen LogP contribution in [-0.2, 0) is 23.9 Å². The van der Waals surface area contributed by atoms with Gasteiger partial charge in [-0.1, -0.05) is 0 Å². The molecule has 1 amide bonds. The average molecular weight is 273 g/mol. The van der Waals surface area contributed by atoms with E-state index in [-0.39, 0.29) is 11.6 Å². The lowest BCUT2D eigenvalue weighted by atomic mass is 10.1. The minimum Gasteiger partial charge on any atom is -0.466 e. The standard InChI is InChI=1S/C9H11N3O5S/c1-16-7(14)5-6(13)12-4-18-3-9(12,11-10-5)8(15)17-2/h11H,3-4H2,1-2H3/t9-/m0/s1. The Morgan fingerprint density at radius 1 is 1.44 bits per heavy atom. The fraction of sp³-hybridized carbons (Fsp3) is 0.556. The van der Waals surface area contributed by atoms with Crippen LogP contribution in [0.3, 0.4) is 0 Å². The molecule has 0 spiro atoms. The van der Waals surface area contributed by atoms with Crippen molar-refractivity contribution < 1.29 is 23.9 Å². The van der Waals surface area contributed by atoms with Crippen LogP contribution in [-0.4, -0.2) is 60.0 Å². The van der Waals surface area contributed by atoms with E-state index in [1.165, 1.54) is 23.8 Å². The molecule has 0 bridgehead atoms. The van der Waals surface area contributed by atoms with Crippen molar-refractivity contribution in [3.05, 3.63) is 0 Å². The van der Waals surface area contributed by atoms with Crippen molar-refractivity contribution in [3.8, 4) is 0 Å². The Kier molecular flexibility index (Phi) is 3.16. The number of nitrogens with zero attached hydrogens (tertiary/aromatic N) is 2. The van der Waals surface area contributed by atoms with Crippen molar-refractivity contribution >= 4 is 35.3 Å². The van der Waals surface area contributed by atoms with E-state index in [0.29, 0.717) is 5.75 Å². The minimum atomic E-state index is -1.33. The predicted octanol–water partition coefficient (Wildman–Crippen LogP) is -1.48. The third kappa shape index (κ3) is 1.62. The summed E-state index contributed by atoms with van der Waals surface area (Å²) in [6, 6.07) is 0. The van der Waals surface area contributed by atoms with Gasteiger partial charge in [0, 0.05) is 5.75 Å². The molecule has 0 unspecified atom stereocenters. The van der Waals surface area contributed by atoms with Crippen molar-refractivity contribution in [1.29, 1.82) is 0 Å². The van der Waals surface area contributed by atoms with Crippen LogP contribution in [0.25, 0.3) is 0 Å². The second-order valence-electron chi connectivity index (χ2n) is 3.63. The maximum Gasteiger partial charge on any atom is 0.364 e. The van der Waals surface area contributed by atoms with Gasteiger partial charge in [-0.25, -0.2) is 9.59 Å². The molecule has 0 radical (unpaired) electrons. The topological polar surface area (TPSA) is 97.3 Å². The molecule has 1 saturated heterocycles. The molecule has 18 heavy (non-hydrogen) atoms. The summed E-state index contributed by atoms with van der Waals surface area (Å²) < 4.78 is 9.12. The highest BCUT2D eigenvalue weighted by molar-refractivity contribution is 7.99. The van der Waals surface area contributed by atoms with Gasteiger partial charge in [-0.05, 0) is 0 Å². The lowest BCUT2D eigenvalue weighted by molar-refractivity contribution is -0.160. The summed E-state index contributed by atoms with van der Waals surface area (Å²) in [5.74, 6) is -1.52. The lowest BCUT2D eigenvalue weighted by Crippen LogP contribution is -2.67. The van der Waals surface area contributed by atoms with Gasteiger partial charge < -0.3 is 9.47 Å². The number of methoxy groups -OCH3 is 2. The summed E-state index contributed by atoms with van der Waals surface area (Å²) in [6.07, 6.45) is 0. The number of carbonyl (C=O) groups is 3. The SMILES string of the molecule is COC(=O)C1=NN[C@@]2(C(=O)OC)CSCN2C1=O. The average Bonchev–Trinajstić information content (AvgIpc) is 2.83. The monoisotopic (exact) mass is 273 g/mol. The summed E-state index contributed by atoms with van der Waals surface area (Å²) in [6.45, 7) is 0. The third-order valence-corrected chi connectivity index (χ3v) is 3.76. The van der Waals surface area contributed by atoms with Crippen LogP contribution in [0.5, 0.6) is 0 Å². The fourth-order valence-corrected chi connectivity index (χ4v) is 2.98. The molecule has 0 aromatic rings. The van der Waals surface area contributed by atoms with Crippen molar-refractivity contribution in [3.63, 3.8) is 0 Å². The normalized spacial score (nSPS) is 26.0. The molecule has 1 atom stereocenters. The number of carbonyl (C=O) groups excluding carboxylic acids is 3. The number of ether oxygens (including phenoxy) is 2. The Morgan fingerprint density at radius 2 is 2.17 bits per heavy atom. The van der Waals surface area contributed by atoms with Crippen LogP contribution in [0.15, 0.2) is 5.10 Å². The molecule has 2 aliphatic rings. The summed E-state index contributed by atoms with van der Waals surface area (Å²) >= 11 is 1.36. The quantitative estimate of drug-likeness (QED) is 0.613. The first-order chi connectivity index (χ1) is 8.56. The molecule has 2 aliphatic heterocycles. The number of hydrazone groups is 1. The van der Waals surface area contributed by atoms with Crippen LogP contribution >= 0.6 is 11.8 Å². The zero-order valence-electron chi connectivity index (χ0n) is 9.76. The van der Waals surface area contributed by atoms with E-state index in [4.69, 9.17) is 0 Å². The molecule has 1 fully saturated rings. The van der Waals surface area contributed by atoms with Gasteiger partial charge >= 0.3 is 11.9 Å². The van der Waals surface area contributed by atoms with E-state index in [9.17, 15) is 14.4 Å². The van der Waals surface area contributed by atoms with Gasteiger partial charge in [-0.3, -0.25) is 15.1 Å². The molecule has 0 aliphatic carbocycles. The predicted molar refractivity (Wildman–Crippen MR) is 61.5 cm³/mol. The van der Waals surface area contributed by atoms with E-state index in [1.807, 2.05) is 0 Å². The third-order valence-electron chi connectivity index (χ3n) is 2.69. The minimum absolute atomic E-state index is 0.275. The number of esters is 2. The number of hydrogen-bond donors (Lipinski definition) is 1. The van der Waals surface area contributed by atoms with Gasteiger partial charge in [0.05, 0.1) is 20.1 Å². The van der Waals surface area contributed by atoms with E-state index >= 15 is 0 Å². The highest BCUT2D eigenvalue weighted by Crippen LogP contribution is 2.32. The number of nitrogens with one attached hydrogen (secondary N) is 1. The summed E-state index contributed by atoms with van der Waals surface area (Å²) in [5.41, 5.74) is 0.837. The van der Waals surface area contributed by atoms with Crippen molar-refractivity contribution in [2.45, 2.75) is 5.66 Å². The molecular weight excluding hydrogens is 262 g/mol. The van der Waals surface area contributed by atoms with Gasteiger partial charge in [0.25, 0.3) is 5.91 Å². The smallest absolute Gasteiger partial charge is 0.364 e. The van der Waals surface area contributed by atoms with Crippen LogP contribution in [0.4, 0.5) is 0 Å². The first-order valence-corrected chi connectivity index (χ1v) is 6.13. The zero-order chi connectivity index (χ0) is 13.3. The number of amides is 1. The summed E-state index contributed by atoms with van der Waals surface area (Å²) in [4.78, 5) is 36.4. The summed E-state index contributed by atoms with van der Waals surface area (Å²) in [7, 11) is 2.38. The highest BCUT2D eigenvalue weighted by Gasteiger charge is 2.55. The Hall–Kier alpha value is -1.77. The van der Waals surface area contributed by atoms with E-state index < -0.39 is 23.5 Å². The molecular formula is C9H11N3O5S. The molecule has 9 heteroatoms. The van der Waals surface area contributed by atoms with E-state index in [1.54, 1.807) is 0 Å². The van der Waals surface area contributed by atoms with Crippen LogP contribution in [0.2, 0.25) is 0 Å². The molecule has 98 valence electrons. The Balaban J connectivity index is 2.37. The van der Waals surface area contributed by atoms with Gasteiger partial charge in [-0.2, -0.15) is 5.10 Å². The van der Waals surface area contributed by atoms with Gasteiger partial charge in [0.2, 0.25) is 11.4 Å². The van der Waals surface area contributed by atoms with Crippen LogP contribution in [0.1, 0.15) is 0 Å². The fourth-order valence-electron chi connectivity index (χ4n) is 1.73. The molecule has 8 nitrogen and oxygen atoms in total. The molecule has 0 aromatic carbocycles. The number of thioether (sulfide) groups is 1. The maximum absolute atomic E-state index is 12.1. The highest BCUT2D eigenvalue weighted by atomic mass is 32.2. The van der Waals surface area contributed by atoms with E-state index in [2.05, 4.69) is 20.0 Å². The largest absolute Gasteiger partial charge is 0.466 e. The summed E-state index contributed by atoms with van der Waals surface area (Å²) in [5, 5.41) is 3.65. The first kappa shape index (κ1) is 12.7. The van der Waals surface area contributed by atoms with Gasteiger partial charge in [-0.15, -0.1) is 11.8 Å². The Morgan fingerprint density at radius 3 is 2.78 bits per heavy atom. The van der Waals surface area contributed by atoms with Crippen molar-refractivity contribution in [2.75, 3.05) is 25.8 Å². The van der Waals surface area contributed by atoms with Crippen LogP contribution < -0.4 is 5.43 Å². The van der Waals surface area contributed by atoms with Crippen molar-refractivity contribution in [1.82, 2.24) is 10.3 Å². The zero-order valence-corrected chi connectivity index (χ0v) is 10.6. The van der Waals surface area contributed by atoms with Crippen molar-refractivity contribution in [2.24, 2.45) is 5.10 Å². The molecule has 0 saturated carbocycles. The van der Waals surface area contributed by atoms with Gasteiger partial charge in [0.15, 0.2) is 0 Å². The number of rotatable bonds is 2. The second kappa shape index (κ2) is 4.48. The molecule has 2 rings (SSSR count). The Bertz CT molecular complexity index is 451.